The van der Waals surface area contributed by atoms with Crippen LogP contribution in [-0.2, 0) is 4.79 Å². The monoisotopic (exact) mass is 400 g/mol. The van der Waals surface area contributed by atoms with Crippen LogP contribution in [0.4, 0.5) is 23.7 Å². The van der Waals surface area contributed by atoms with Crippen molar-refractivity contribution in [3.63, 3.8) is 0 Å². The second-order valence-corrected chi connectivity index (χ2v) is 6.77. The topological polar surface area (TPSA) is 84.7 Å². The molecule has 1 fully saturated rings. The molecule has 2 rings (SSSR count). The first-order valence-corrected chi connectivity index (χ1v) is 9.28. The predicted octanol–water partition coefficient (Wildman–Crippen LogP) is 4.08. The molecule has 3 amide bonds. The molecule has 1 aromatic carbocycles. The number of imide groups is 1. The van der Waals surface area contributed by atoms with Gasteiger partial charge in [-0.2, -0.15) is 0 Å². The quantitative estimate of drug-likeness (QED) is 0.689. The Labute approximate surface area is 162 Å². The number of halogens is 3. The number of nitrogens with zero attached hydrogens (tertiary/aromatic N) is 1. The smallest absolute Gasteiger partial charge is 0.406 e. The molecule has 1 aliphatic rings. The van der Waals surface area contributed by atoms with Crippen LogP contribution < -0.4 is 15.8 Å². The molecule has 1 radical (unpaired) electrons. The zero-order valence-corrected chi connectivity index (χ0v) is 15.5. The third kappa shape index (κ3) is 7.66. The zero-order chi connectivity index (χ0) is 20.6. The normalized spacial score (nSPS) is 15.1. The number of primary amides is 1. The summed E-state index contributed by atoms with van der Waals surface area (Å²) >= 11 is 0. The van der Waals surface area contributed by atoms with Crippen molar-refractivity contribution in [1.29, 1.82) is 0 Å². The maximum absolute atomic E-state index is 12.3. The summed E-state index contributed by atoms with van der Waals surface area (Å²) in [4.78, 5) is 24.8. The minimum atomic E-state index is -4.74. The van der Waals surface area contributed by atoms with Gasteiger partial charge in [0.1, 0.15) is 5.75 Å². The highest BCUT2D eigenvalue weighted by Crippen LogP contribution is 2.27. The maximum Gasteiger partial charge on any atom is 0.573 e. The Kier molecular flexibility index (Phi) is 7.95. The van der Waals surface area contributed by atoms with Crippen molar-refractivity contribution in [2.75, 3.05) is 18.4 Å². The van der Waals surface area contributed by atoms with Crippen molar-refractivity contribution in [3.05, 3.63) is 30.7 Å². The number of hydrogen-bond donors (Lipinski definition) is 2. The molecule has 9 heteroatoms. The molecule has 0 bridgehead atoms. The lowest BCUT2D eigenvalue weighted by Crippen LogP contribution is -2.43. The van der Waals surface area contributed by atoms with E-state index in [1.807, 2.05) is 0 Å². The van der Waals surface area contributed by atoms with Crippen LogP contribution in [0.2, 0.25) is 0 Å². The zero-order valence-electron chi connectivity index (χ0n) is 15.5. The van der Waals surface area contributed by atoms with E-state index in [1.165, 1.54) is 49.9 Å². The van der Waals surface area contributed by atoms with E-state index < -0.39 is 18.3 Å². The van der Waals surface area contributed by atoms with Crippen molar-refractivity contribution >= 4 is 17.6 Å². The summed E-state index contributed by atoms with van der Waals surface area (Å²) < 4.78 is 40.2. The Morgan fingerprint density at radius 1 is 1.18 bits per heavy atom. The summed E-state index contributed by atoms with van der Waals surface area (Å²) in [5.41, 5.74) is 5.83. The molecule has 0 spiro atoms. The van der Waals surface area contributed by atoms with Gasteiger partial charge in [0.15, 0.2) is 0 Å². The van der Waals surface area contributed by atoms with E-state index in [2.05, 4.69) is 10.1 Å². The van der Waals surface area contributed by atoms with Gasteiger partial charge >= 0.3 is 12.4 Å². The van der Waals surface area contributed by atoms with E-state index >= 15 is 0 Å². The van der Waals surface area contributed by atoms with Gasteiger partial charge in [0.25, 0.3) is 0 Å². The van der Waals surface area contributed by atoms with E-state index in [1.54, 1.807) is 0 Å². The average Bonchev–Trinajstić information content (AvgIpc) is 2.64. The van der Waals surface area contributed by atoms with Gasteiger partial charge in [-0.05, 0) is 36.6 Å². The molecule has 3 N–H and O–H groups in total. The predicted molar refractivity (Wildman–Crippen MR) is 98.4 cm³/mol. The summed E-state index contributed by atoms with van der Waals surface area (Å²) in [6.45, 7) is 0.265. The molecule has 1 aromatic rings. The molecular weight excluding hydrogens is 375 g/mol. The summed E-state index contributed by atoms with van der Waals surface area (Å²) in [5.74, 6) is -0.277. The number of rotatable bonds is 8. The number of urea groups is 1. The third-order valence-corrected chi connectivity index (χ3v) is 4.64. The number of ether oxygens (including phenoxy) is 1. The molecule has 0 heterocycles. The first-order chi connectivity index (χ1) is 13.2. The number of benzene rings is 1. The summed E-state index contributed by atoms with van der Waals surface area (Å²) in [5, 5.41) is 2.93. The second-order valence-electron chi connectivity index (χ2n) is 6.77. The number of hydrogen-bond acceptors (Lipinski definition) is 4. The number of nitrogens with two attached hydrogens (primary N) is 1. The molecular formula is C19H25F3N3O3. The molecule has 6 nitrogen and oxygen atoms in total. The van der Waals surface area contributed by atoms with Gasteiger partial charge in [-0.15, -0.1) is 13.2 Å². The SMILES string of the molecule is NC(=O)N(CCNc1ccc(OC(F)(F)F)cc1)C(=O)[CH]CC1CCCCC1. The molecule has 0 aliphatic heterocycles. The molecule has 155 valence electrons. The Morgan fingerprint density at radius 2 is 1.82 bits per heavy atom. The largest absolute Gasteiger partial charge is 0.573 e. The van der Waals surface area contributed by atoms with Crippen LogP contribution in [0.3, 0.4) is 0 Å². The first-order valence-electron chi connectivity index (χ1n) is 9.28. The Hall–Kier alpha value is -2.45. The van der Waals surface area contributed by atoms with Crippen molar-refractivity contribution in [2.45, 2.75) is 44.9 Å². The van der Waals surface area contributed by atoms with E-state index in [4.69, 9.17) is 5.73 Å². The lowest BCUT2D eigenvalue weighted by molar-refractivity contribution is -0.274. The van der Waals surface area contributed by atoms with Gasteiger partial charge in [0.05, 0.1) is 6.42 Å². The third-order valence-electron chi connectivity index (χ3n) is 4.64. The highest BCUT2D eigenvalue weighted by Gasteiger charge is 2.31. The second kappa shape index (κ2) is 10.2. The number of amides is 3. The fourth-order valence-corrected chi connectivity index (χ4v) is 3.22. The molecule has 1 saturated carbocycles. The molecule has 0 unspecified atom stereocenters. The summed E-state index contributed by atoms with van der Waals surface area (Å²) in [6, 6.07) is 4.33. The first kappa shape index (κ1) is 21.8. The Bertz CT molecular complexity index is 644. The summed E-state index contributed by atoms with van der Waals surface area (Å²) in [7, 11) is 0. The van der Waals surface area contributed by atoms with Gasteiger partial charge in [0, 0.05) is 18.8 Å². The van der Waals surface area contributed by atoms with Crippen LogP contribution in [0, 0.1) is 12.3 Å². The highest BCUT2D eigenvalue weighted by atomic mass is 19.4. The van der Waals surface area contributed by atoms with Crippen molar-refractivity contribution in [1.82, 2.24) is 4.90 Å². The number of anilines is 1. The molecule has 0 saturated heterocycles. The molecule has 1 aliphatic carbocycles. The Balaban J connectivity index is 1.77. The van der Waals surface area contributed by atoms with E-state index in [-0.39, 0.29) is 18.8 Å². The van der Waals surface area contributed by atoms with Gasteiger partial charge in [0.2, 0.25) is 5.91 Å². The molecule has 0 aromatic heterocycles. The highest BCUT2D eigenvalue weighted by molar-refractivity contribution is 5.98. The van der Waals surface area contributed by atoms with E-state index in [9.17, 15) is 22.8 Å². The minimum Gasteiger partial charge on any atom is -0.406 e. The van der Waals surface area contributed by atoms with Gasteiger partial charge in [-0.25, -0.2) is 4.79 Å². The molecule has 28 heavy (non-hydrogen) atoms. The van der Waals surface area contributed by atoms with Crippen LogP contribution in [0.5, 0.6) is 5.75 Å². The van der Waals surface area contributed by atoms with E-state index in [0.29, 0.717) is 18.0 Å². The van der Waals surface area contributed by atoms with E-state index in [0.717, 1.165) is 17.7 Å². The number of nitrogens with one attached hydrogen (secondary N) is 1. The minimum absolute atomic E-state index is 0.0517. The molecule has 0 atom stereocenters. The lowest BCUT2D eigenvalue weighted by Gasteiger charge is -2.23. The summed E-state index contributed by atoms with van der Waals surface area (Å²) in [6.07, 6.45) is 3.16. The van der Waals surface area contributed by atoms with Crippen LogP contribution in [-0.4, -0.2) is 36.3 Å². The van der Waals surface area contributed by atoms with Crippen LogP contribution in [0.25, 0.3) is 0 Å². The lowest BCUT2D eigenvalue weighted by atomic mass is 9.86. The van der Waals surface area contributed by atoms with Gasteiger partial charge < -0.3 is 15.8 Å². The maximum atomic E-state index is 12.3. The average molecular weight is 400 g/mol. The standard InChI is InChI=1S/C19H25F3N3O3/c20-19(21,22)28-16-9-7-15(8-10-16)24-12-13-25(18(23)27)17(26)11-6-14-4-2-1-3-5-14/h7-11,14,24H,1-6,12-13H2,(H2,23,27). The van der Waals surface area contributed by atoms with Crippen LogP contribution in [0.1, 0.15) is 38.5 Å². The fraction of sp³-hybridized carbons (Fsp3) is 0.526. The van der Waals surface area contributed by atoms with Crippen LogP contribution >= 0.6 is 0 Å². The van der Waals surface area contributed by atoms with Gasteiger partial charge in [-0.1, -0.05) is 32.1 Å². The van der Waals surface area contributed by atoms with Crippen molar-refractivity contribution < 1.29 is 27.5 Å². The number of carbonyl (C=O) groups is 2. The van der Waals surface area contributed by atoms with Crippen LogP contribution in [0.15, 0.2) is 24.3 Å². The van der Waals surface area contributed by atoms with Crippen molar-refractivity contribution in [2.24, 2.45) is 11.7 Å². The Morgan fingerprint density at radius 3 is 2.39 bits per heavy atom. The van der Waals surface area contributed by atoms with Gasteiger partial charge in [-0.3, -0.25) is 9.69 Å². The fourth-order valence-electron chi connectivity index (χ4n) is 3.22. The number of alkyl halides is 3. The van der Waals surface area contributed by atoms with Crippen molar-refractivity contribution in [3.8, 4) is 5.75 Å². The number of carbonyl (C=O) groups excluding carboxylic acids is 2.